The molecule has 1 aromatic carbocycles. The van der Waals surface area contributed by atoms with Crippen molar-refractivity contribution in [2.75, 3.05) is 0 Å². The lowest BCUT2D eigenvalue weighted by molar-refractivity contribution is 0.369. The van der Waals surface area contributed by atoms with E-state index in [1.165, 1.54) is 0 Å². The van der Waals surface area contributed by atoms with Crippen molar-refractivity contribution in [3.05, 3.63) is 57.7 Å². The molecule has 0 saturated heterocycles. The van der Waals surface area contributed by atoms with Crippen molar-refractivity contribution in [1.82, 2.24) is 0 Å². The zero-order valence-corrected chi connectivity index (χ0v) is 16.2. The van der Waals surface area contributed by atoms with E-state index in [9.17, 15) is 17.6 Å². The van der Waals surface area contributed by atoms with Crippen LogP contribution in [0.25, 0.3) is 0 Å². The predicted molar refractivity (Wildman–Crippen MR) is 96.1 cm³/mol. The molecule has 0 aromatic heterocycles. The van der Waals surface area contributed by atoms with Crippen LogP contribution in [-0.4, -0.2) is 0 Å². The molecule has 0 amide bonds. The summed E-state index contributed by atoms with van der Waals surface area (Å²) in [7, 11) is 0. The molecule has 3 aliphatic rings. The van der Waals surface area contributed by atoms with Crippen LogP contribution in [0.1, 0.15) is 77.3 Å². The Balaban J connectivity index is 2.19. The average molecular weight is 366 g/mol. The highest BCUT2D eigenvalue weighted by Crippen LogP contribution is 2.54. The summed E-state index contributed by atoms with van der Waals surface area (Å²) in [4.78, 5) is 0. The van der Waals surface area contributed by atoms with E-state index >= 15 is 0 Å². The van der Waals surface area contributed by atoms with E-state index in [1.807, 2.05) is 12.2 Å². The van der Waals surface area contributed by atoms with E-state index in [1.54, 1.807) is 0 Å². The van der Waals surface area contributed by atoms with Gasteiger partial charge in [-0.05, 0) is 23.7 Å². The lowest BCUT2D eigenvalue weighted by Crippen LogP contribution is -2.28. The second-order valence-electron chi connectivity index (χ2n) is 10.00. The van der Waals surface area contributed by atoms with Crippen molar-refractivity contribution < 1.29 is 17.6 Å². The summed E-state index contributed by atoms with van der Waals surface area (Å²) in [5.74, 6) is -6.99. The molecule has 2 bridgehead atoms. The SMILES string of the molecule is CC(C)(C)CC1=C[C@@H]2C(CC(C)(C)C)=CC1c1c(F)c(F)c(F)c(F)c12. The molecule has 4 rings (SSSR count). The molecule has 3 aliphatic carbocycles. The second-order valence-corrected chi connectivity index (χ2v) is 10.00. The number of benzene rings is 1. The number of halogens is 4. The molecule has 0 spiro atoms. The quantitative estimate of drug-likeness (QED) is 0.225. The van der Waals surface area contributed by atoms with Crippen LogP contribution in [0.15, 0.2) is 23.3 Å². The van der Waals surface area contributed by atoms with E-state index in [2.05, 4.69) is 41.5 Å². The normalized spacial score (nSPS) is 22.2. The van der Waals surface area contributed by atoms with E-state index in [-0.39, 0.29) is 22.0 Å². The maximum atomic E-state index is 14.6. The molecule has 1 aromatic rings. The molecule has 4 heteroatoms. The van der Waals surface area contributed by atoms with Gasteiger partial charge in [-0.15, -0.1) is 0 Å². The zero-order valence-electron chi connectivity index (χ0n) is 16.2. The summed E-state index contributed by atoms with van der Waals surface area (Å²) >= 11 is 0. The standard InChI is InChI=1S/C22H26F4/c1-21(2,3)9-11-7-14-12(10-22(4,5)6)8-13(11)15-16(14)18(24)20(26)19(25)17(15)23/h7-8,13-14H,9-10H2,1-6H3/t13-,14?/m1/s1. The van der Waals surface area contributed by atoms with Crippen LogP contribution in [0.2, 0.25) is 0 Å². The Morgan fingerprint density at radius 1 is 0.615 bits per heavy atom. The molecule has 142 valence electrons. The van der Waals surface area contributed by atoms with E-state index in [4.69, 9.17) is 0 Å². The Bertz CT molecular complexity index is 747. The van der Waals surface area contributed by atoms with Gasteiger partial charge in [0.2, 0.25) is 0 Å². The summed E-state index contributed by atoms with van der Waals surface area (Å²) in [5, 5.41) is 0. The Labute approximate surface area is 153 Å². The van der Waals surface area contributed by atoms with Gasteiger partial charge in [-0.3, -0.25) is 0 Å². The zero-order chi connectivity index (χ0) is 19.6. The average Bonchev–Trinajstić information content (AvgIpc) is 2.48. The first-order valence-electron chi connectivity index (χ1n) is 9.07. The maximum Gasteiger partial charge on any atom is 0.197 e. The topological polar surface area (TPSA) is 0 Å². The third-order valence-electron chi connectivity index (χ3n) is 4.99. The minimum atomic E-state index is -1.71. The van der Waals surface area contributed by atoms with Crippen LogP contribution in [-0.2, 0) is 0 Å². The highest BCUT2D eigenvalue weighted by Gasteiger charge is 2.42. The Morgan fingerprint density at radius 2 is 0.923 bits per heavy atom. The first kappa shape index (κ1) is 19.2. The molecular weight excluding hydrogens is 340 g/mol. The van der Waals surface area contributed by atoms with Crippen LogP contribution in [0, 0.1) is 34.1 Å². The Morgan fingerprint density at radius 3 is 1.19 bits per heavy atom. The van der Waals surface area contributed by atoms with Gasteiger partial charge in [0.1, 0.15) is 0 Å². The molecule has 26 heavy (non-hydrogen) atoms. The summed E-state index contributed by atoms with van der Waals surface area (Å²) in [5.41, 5.74) is 1.77. The molecule has 0 fully saturated rings. The lowest BCUT2D eigenvalue weighted by Gasteiger charge is -2.41. The fraction of sp³-hybridized carbons (Fsp3) is 0.545. The number of hydrogen-bond acceptors (Lipinski definition) is 0. The molecule has 0 nitrogen and oxygen atoms in total. The minimum Gasteiger partial charge on any atom is -0.203 e. The van der Waals surface area contributed by atoms with Crippen molar-refractivity contribution >= 4 is 0 Å². The largest absolute Gasteiger partial charge is 0.203 e. The highest BCUT2D eigenvalue weighted by atomic mass is 19.2. The van der Waals surface area contributed by atoms with Crippen molar-refractivity contribution in [3.8, 4) is 0 Å². The minimum absolute atomic E-state index is 0.0224. The Hall–Kier alpha value is -1.58. The van der Waals surface area contributed by atoms with Crippen LogP contribution in [0.3, 0.4) is 0 Å². The molecule has 0 heterocycles. The third-order valence-corrected chi connectivity index (χ3v) is 4.99. The monoisotopic (exact) mass is 366 g/mol. The van der Waals surface area contributed by atoms with Gasteiger partial charge in [-0.2, -0.15) is 0 Å². The molecule has 0 radical (unpaired) electrons. The summed E-state index contributed by atoms with van der Waals surface area (Å²) in [6.07, 6.45) is 5.26. The molecule has 0 N–H and O–H groups in total. The smallest absolute Gasteiger partial charge is 0.197 e. The molecule has 1 unspecified atom stereocenters. The number of rotatable bonds is 2. The van der Waals surface area contributed by atoms with Gasteiger partial charge in [0.25, 0.3) is 0 Å². The van der Waals surface area contributed by atoms with Crippen LogP contribution in [0.4, 0.5) is 17.6 Å². The first-order chi connectivity index (χ1) is 11.8. The van der Waals surface area contributed by atoms with Gasteiger partial charge in [-0.1, -0.05) is 64.8 Å². The summed E-state index contributed by atoms with van der Waals surface area (Å²) in [6, 6.07) is 0. The van der Waals surface area contributed by atoms with Gasteiger partial charge >= 0.3 is 0 Å². The summed E-state index contributed by atoms with van der Waals surface area (Å²) in [6.45, 7) is 12.4. The van der Waals surface area contributed by atoms with Gasteiger partial charge in [0.05, 0.1) is 0 Å². The van der Waals surface area contributed by atoms with E-state index in [0.29, 0.717) is 12.8 Å². The van der Waals surface area contributed by atoms with Crippen molar-refractivity contribution in [2.24, 2.45) is 10.8 Å². The van der Waals surface area contributed by atoms with E-state index in [0.717, 1.165) is 11.1 Å². The van der Waals surface area contributed by atoms with Gasteiger partial charge in [0.15, 0.2) is 23.3 Å². The first-order valence-corrected chi connectivity index (χ1v) is 9.07. The third kappa shape index (κ3) is 3.23. The van der Waals surface area contributed by atoms with Gasteiger partial charge < -0.3 is 0 Å². The second kappa shape index (κ2) is 5.97. The molecule has 0 aliphatic heterocycles. The van der Waals surface area contributed by atoms with Crippen LogP contribution < -0.4 is 0 Å². The number of hydrogen-bond donors (Lipinski definition) is 0. The fourth-order valence-electron chi connectivity index (χ4n) is 4.22. The number of allylic oxidation sites excluding steroid dienone is 4. The van der Waals surface area contributed by atoms with Crippen molar-refractivity contribution in [3.63, 3.8) is 0 Å². The highest BCUT2D eigenvalue weighted by molar-refractivity contribution is 5.58. The van der Waals surface area contributed by atoms with Crippen molar-refractivity contribution in [1.29, 1.82) is 0 Å². The van der Waals surface area contributed by atoms with Gasteiger partial charge in [0, 0.05) is 23.0 Å². The molecule has 0 saturated carbocycles. The maximum absolute atomic E-state index is 14.6. The fourth-order valence-corrected chi connectivity index (χ4v) is 4.22. The van der Waals surface area contributed by atoms with Gasteiger partial charge in [-0.25, -0.2) is 17.6 Å². The van der Waals surface area contributed by atoms with Crippen LogP contribution in [0.5, 0.6) is 0 Å². The molecule has 2 atom stereocenters. The summed E-state index contributed by atoms with van der Waals surface area (Å²) < 4.78 is 57.0. The van der Waals surface area contributed by atoms with E-state index < -0.39 is 35.1 Å². The van der Waals surface area contributed by atoms with Crippen molar-refractivity contribution in [2.45, 2.75) is 66.2 Å². The lowest BCUT2D eigenvalue weighted by atomic mass is 9.63. The Kier molecular flexibility index (Phi) is 4.40. The molecular formula is C22H26F4. The van der Waals surface area contributed by atoms with Crippen LogP contribution >= 0.6 is 0 Å². The predicted octanol–water partition coefficient (Wildman–Crippen LogP) is 7.16.